The average Bonchev–Trinajstić information content (AvgIpc) is 2.43. The minimum Gasteiger partial charge on any atom is -0.496 e. The maximum Gasteiger partial charge on any atom is 0.189 e. The van der Waals surface area contributed by atoms with Crippen LogP contribution in [0.1, 0.15) is 28.4 Å². The van der Waals surface area contributed by atoms with Gasteiger partial charge >= 0.3 is 0 Å². The van der Waals surface area contributed by atoms with Crippen molar-refractivity contribution in [2.45, 2.75) is 13.8 Å². The fraction of sp³-hybridized carbons (Fsp3) is 0.250. The fourth-order valence-corrected chi connectivity index (χ4v) is 1.75. The van der Waals surface area contributed by atoms with Crippen LogP contribution in [0.5, 0.6) is 5.75 Å². The van der Waals surface area contributed by atoms with Crippen LogP contribution in [-0.4, -0.2) is 12.9 Å². The topological polar surface area (TPSA) is 26.3 Å². The van der Waals surface area contributed by atoms with Crippen LogP contribution in [0, 0.1) is 6.92 Å². The lowest BCUT2D eigenvalue weighted by Gasteiger charge is -2.06. The number of hydrogen-bond acceptors (Lipinski definition) is 2. The number of Topliss-reactive ketones (excluding diaryl/α,β-unsaturated/α-hetero) is 1. The summed E-state index contributed by atoms with van der Waals surface area (Å²) in [6, 6.07) is 3.81. The summed E-state index contributed by atoms with van der Waals surface area (Å²) in [4.78, 5) is 11.6. The van der Waals surface area contributed by atoms with E-state index in [1.165, 1.54) is 0 Å². The first-order valence-corrected chi connectivity index (χ1v) is 4.55. The van der Waals surface area contributed by atoms with Gasteiger partial charge in [0.1, 0.15) is 5.75 Å². The molecule has 0 N–H and O–H groups in total. The summed E-state index contributed by atoms with van der Waals surface area (Å²) in [7, 11) is 1.64. The van der Waals surface area contributed by atoms with Crippen molar-refractivity contribution in [1.82, 2.24) is 0 Å². The molecule has 1 aliphatic rings. The number of allylic oxidation sites excluding steroid dienone is 1. The van der Waals surface area contributed by atoms with E-state index in [-0.39, 0.29) is 5.78 Å². The Balaban J connectivity index is 2.62. The quantitative estimate of drug-likeness (QED) is 0.677. The number of carbonyl (C=O) groups is 1. The monoisotopic (exact) mass is 188 g/mol. The second kappa shape index (κ2) is 2.98. The van der Waals surface area contributed by atoms with Gasteiger partial charge in [0.25, 0.3) is 0 Å². The summed E-state index contributed by atoms with van der Waals surface area (Å²) in [5, 5.41) is 0. The predicted octanol–water partition coefficient (Wildman–Crippen LogP) is 2.60. The number of benzene rings is 1. The number of aryl methyl sites for hydroxylation is 1. The number of carbonyl (C=O) groups excluding carboxylic acids is 1. The van der Waals surface area contributed by atoms with E-state index in [1.807, 2.05) is 32.1 Å². The Labute approximate surface area is 83.2 Å². The van der Waals surface area contributed by atoms with Gasteiger partial charge < -0.3 is 4.74 Å². The molecule has 0 saturated carbocycles. The van der Waals surface area contributed by atoms with Crippen molar-refractivity contribution >= 4 is 11.9 Å². The van der Waals surface area contributed by atoms with Gasteiger partial charge in [0, 0.05) is 5.56 Å². The van der Waals surface area contributed by atoms with Crippen LogP contribution >= 0.6 is 0 Å². The third-order valence-corrected chi connectivity index (χ3v) is 2.54. The molecular formula is C12H12O2. The summed E-state index contributed by atoms with van der Waals surface area (Å²) in [6.07, 6.45) is 1.90. The molecule has 2 nitrogen and oxygen atoms in total. The molecule has 1 aromatic carbocycles. The first-order valence-electron chi connectivity index (χ1n) is 4.55. The van der Waals surface area contributed by atoms with E-state index in [0.29, 0.717) is 0 Å². The molecule has 0 atom stereocenters. The van der Waals surface area contributed by atoms with E-state index < -0.39 is 0 Å². The first-order chi connectivity index (χ1) is 6.63. The molecule has 1 aliphatic carbocycles. The number of ether oxygens (including phenoxy) is 1. The highest BCUT2D eigenvalue weighted by Gasteiger charge is 2.20. The molecule has 0 fully saturated rings. The zero-order valence-corrected chi connectivity index (χ0v) is 8.55. The second-order valence-electron chi connectivity index (χ2n) is 3.57. The van der Waals surface area contributed by atoms with E-state index in [2.05, 4.69) is 0 Å². The Bertz CT molecular complexity index is 442. The Morgan fingerprint density at radius 3 is 2.57 bits per heavy atom. The molecule has 72 valence electrons. The maximum atomic E-state index is 11.6. The molecule has 0 amide bonds. The normalized spacial score (nSPS) is 13.9. The van der Waals surface area contributed by atoms with Crippen molar-refractivity contribution in [1.29, 1.82) is 0 Å². The Morgan fingerprint density at radius 1 is 1.21 bits per heavy atom. The third kappa shape index (κ3) is 1.15. The molecular weight excluding hydrogens is 176 g/mol. The highest BCUT2D eigenvalue weighted by atomic mass is 16.5. The molecule has 2 heteroatoms. The van der Waals surface area contributed by atoms with Gasteiger partial charge in [-0.15, -0.1) is 0 Å². The molecule has 0 heterocycles. The molecule has 0 saturated heterocycles. The van der Waals surface area contributed by atoms with E-state index in [9.17, 15) is 4.79 Å². The smallest absolute Gasteiger partial charge is 0.189 e. The largest absolute Gasteiger partial charge is 0.496 e. The number of hydrogen-bond donors (Lipinski definition) is 0. The molecule has 2 rings (SSSR count). The molecule has 0 bridgehead atoms. The number of fused-ring (bicyclic) bond motifs is 1. The van der Waals surface area contributed by atoms with Crippen molar-refractivity contribution in [3.05, 3.63) is 34.4 Å². The van der Waals surface area contributed by atoms with Crippen molar-refractivity contribution < 1.29 is 9.53 Å². The molecule has 0 radical (unpaired) electrons. The van der Waals surface area contributed by atoms with Gasteiger partial charge in [-0.2, -0.15) is 0 Å². The second-order valence-corrected chi connectivity index (χ2v) is 3.57. The van der Waals surface area contributed by atoms with Crippen LogP contribution in [0.2, 0.25) is 0 Å². The molecule has 0 aromatic heterocycles. The molecule has 0 aliphatic heterocycles. The number of ketones is 1. The zero-order chi connectivity index (χ0) is 10.3. The Morgan fingerprint density at radius 2 is 1.93 bits per heavy atom. The van der Waals surface area contributed by atoms with Gasteiger partial charge in [0.05, 0.1) is 7.11 Å². The van der Waals surface area contributed by atoms with Gasteiger partial charge in [-0.05, 0) is 48.8 Å². The van der Waals surface area contributed by atoms with Crippen LogP contribution in [0.4, 0.5) is 0 Å². The van der Waals surface area contributed by atoms with Crippen molar-refractivity contribution in [2.24, 2.45) is 0 Å². The van der Waals surface area contributed by atoms with Gasteiger partial charge in [-0.1, -0.05) is 0 Å². The molecule has 0 unspecified atom stereocenters. The lowest BCUT2D eigenvalue weighted by atomic mass is 10.0. The van der Waals surface area contributed by atoms with Crippen LogP contribution in [0.15, 0.2) is 17.7 Å². The lowest BCUT2D eigenvalue weighted by molar-refractivity contribution is 0.103. The predicted molar refractivity (Wildman–Crippen MR) is 55.7 cm³/mol. The van der Waals surface area contributed by atoms with Crippen molar-refractivity contribution in [3.8, 4) is 5.75 Å². The fourth-order valence-electron chi connectivity index (χ4n) is 1.75. The van der Waals surface area contributed by atoms with Crippen molar-refractivity contribution in [3.63, 3.8) is 0 Å². The Kier molecular flexibility index (Phi) is 1.92. The molecule has 0 spiro atoms. The summed E-state index contributed by atoms with van der Waals surface area (Å²) in [6.45, 7) is 3.78. The summed E-state index contributed by atoms with van der Waals surface area (Å²) in [5.41, 5.74) is 3.56. The van der Waals surface area contributed by atoms with Crippen LogP contribution in [0.3, 0.4) is 0 Å². The maximum absolute atomic E-state index is 11.6. The minimum absolute atomic E-state index is 0.130. The Hall–Kier alpha value is -1.57. The van der Waals surface area contributed by atoms with Gasteiger partial charge in [0.15, 0.2) is 5.78 Å². The van der Waals surface area contributed by atoms with Gasteiger partial charge in [-0.25, -0.2) is 0 Å². The SMILES string of the molecule is COc1cc2c(cc1C)C(=O)C(C)=C2. The van der Waals surface area contributed by atoms with Gasteiger partial charge in [-0.3, -0.25) is 4.79 Å². The highest BCUT2D eigenvalue weighted by molar-refractivity contribution is 6.17. The van der Waals surface area contributed by atoms with E-state index >= 15 is 0 Å². The standard InChI is InChI=1S/C12H12O2/c1-7-5-10-9(6-11(7)14-3)4-8(2)12(10)13/h4-6H,1-3H3. The lowest BCUT2D eigenvalue weighted by Crippen LogP contribution is -1.97. The molecule has 1 aromatic rings. The van der Waals surface area contributed by atoms with Gasteiger partial charge in [0.2, 0.25) is 0 Å². The average molecular weight is 188 g/mol. The highest BCUT2D eigenvalue weighted by Crippen LogP contribution is 2.30. The summed E-state index contributed by atoms with van der Waals surface area (Å²) < 4.78 is 5.20. The van der Waals surface area contributed by atoms with E-state index in [0.717, 1.165) is 28.0 Å². The van der Waals surface area contributed by atoms with Crippen LogP contribution in [0.25, 0.3) is 6.08 Å². The number of methoxy groups -OCH3 is 1. The van der Waals surface area contributed by atoms with E-state index in [1.54, 1.807) is 7.11 Å². The number of rotatable bonds is 1. The molecule has 14 heavy (non-hydrogen) atoms. The van der Waals surface area contributed by atoms with Crippen LogP contribution in [-0.2, 0) is 0 Å². The zero-order valence-electron chi connectivity index (χ0n) is 8.55. The van der Waals surface area contributed by atoms with Crippen LogP contribution < -0.4 is 4.74 Å². The van der Waals surface area contributed by atoms with E-state index in [4.69, 9.17) is 4.74 Å². The summed E-state index contributed by atoms with van der Waals surface area (Å²) in [5.74, 6) is 0.966. The minimum atomic E-state index is 0.130. The van der Waals surface area contributed by atoms with Crippen molar-refractivity contribution in [2.75, 3.05) is 7.11 Å². The third-order valence-electron chi connectivity index (χ3n) is 2.54. The first kappa shape index (κ1) is 9.00. The summed E-state index contributed by atoms with van der Waals surface area (Å²) >= 11 is 0.